The van der Waals surface area contributed by atoms with Gasteiger partial charge in [0, 0.05) is 40.9 Å². The van der Waals surface area contributed by atoms with Gasteiger partial charge in [-0.25, -0.2) is 31.3 Å². The van der Waals surface area contributed by atoms with Crippen LogP contribution < -0.4 is 23.0 Å². The molecule has 68 heavy (non-hydrogen) atoms. The highest BCUT2D eigenvalue weighted by atomic mass is 32.2. The van der Waals surface area contributed by atoms with Gasteiger partial charge in [0.15, 0.2) is 11.6 Å². The van der Waals surface area contributed by atoms with Crippen molar-refractivity contribution in [2.75, 3.05) is 25.6 Å². The molecule has 0 aliphatic rings. The quantitative estimate of drug-likeness (QED) is 0.0881. The van der Waals surface area contributed by atoms with Crippen molar-refractivity contribution >= 4 is 61.7 Å². The fourth-order valence-electron chi connectivity index (χ4n) is 6.65. The fourth-order valence-corrected chi connectivity index (χ4v) is 8.84. The number of anilines is 1. The van der Waals surface area contributed by atoms with E-state index in [1.807, 2.05) is 0 Å². The number of imide groups is 1. The molecule has 0 N–H and O–H groups in total. The van der Waals surface area contributed by atoms with Crippen molar-refractivity contribution in [3.05, 3.63) is 95.8 Å². The van der Waals surface area contributed by atoms with E-state index in [0.717, 1.165) is 26.8 Å². The molecule has 0 aliphatic carbocycles. The van der Waals surface area contributed by atoms with E-state index in [2.05, 4.69) is 14.5 Å². The third-order valence-corrected chi connectivity index (χ3v) is 12.3. The molecule has 4 aromatic carbocycles. The molecule has 0 spiro atoms. The van der Waals surface area contributed by atoms with Crippen LogP contribution in [-0.2, 0) is 30.8 Å². The number of carbonyl (C=O) groups excluding carboxylic acids is 3. The van der Waals surface area contributed by atoms with Gasteiger partial charge in [0.2, 0.25) is 5.13 Å². The maximum atomic E-state index is 16.3. The molecule has 17 nitrogen and oxygen atoms in total. The monoisotopic (exact) mass is 979 g/mol. The number of sulfonamides is 1. The summed E-state index contributed by atoms with van der Waals surface area (Å²) in [7, 11) is -0.790. The molecule has 2 heterocycles. The number of aryl methyl sites for hydroxylation is 1. The second-order valence-corrected chi connectivity index (χ2v) is 21.2. The third kappa shape index (κ3) is 10.8. The Hall–Kier alpha value is -6.71. The van der Waals surface area contributed by atoms with Crippen LogP contribution in [0, 0.1) is 18.6 Å². The van der Waals surface area contributed by atoms with E-state index < -0.39 is 78.4 Å². The standard InChI is InChI=1S/C47H53F2N6O11S2/c1-27-14-19-36(63-38-23-34(49)39(24-33(38)48)68(59,60)53(41-50-26-51-67-41)25-29-15-17-30(61-12)22-37(29)62-13)31(20-27)28-16-18-35-32(21-28)40(52-54(35)42(56)64-45(2,3)4)55(11,43(57)65-46(5,6)7)44(58)66-47(8,9)10/h14-24,26H,25H2,1-13H3/q+1. The van der Waals surface area contributed by atoms with Crippen molar-refractivity contribution in [3.63, 3.8) is 0 Å². The first-order chi connectivity index (χ1) is 31.6. The summed E-state index contributed by atoms with van der Waals surface area (Å²) in [5.41, 5.74) is -1.29. The predicted molar refractivity (Wildman–Crippen MR) is 251 cm³/mol. The highest BCUT2D eigenvalue weighted by Gasteiger charge is 2.53. The number of quaternary nitrogens is 1. The number of hydrogen-bond acceptors (Lipinski definition) is 15. The van der Waals surface area contributed by atoms with Crippen molar-refractivity contribution < 1.29 is 60.0 Å². The number of nitrogens with zero attached hydrogens (tertiary/aromatic N) is 6. The number of rotatable bonds is 11. The van der Waals surface area contributed by atoms with Crippen molar-refractivity contribution in [1.82, 2.24) is 23.6 Å². The van der Waals surface area contributed by atoms with Crippen molar-refractivity contribution in [2.24, 2.45) is 0 Å². The maximum Gasteiger partial charge on any atom is 0.533 e. The minimum Gasteiger partial charge on any atom is -0.497 e. The lowest BCUT2D eigenvalue weighted by Crippen LogP contribution is -2.58. The number of hydrogen-bond donors (Lipinski definition) is 0. The van der Waals surface area contributed by atoms with Gasteiger partial charge in [0.1, 0.15) is 51.1 Å². The van der Waals surface area contributed by atoms with Gasteiger partial charge in [-0.05, 0) is 111 Å². The molecule has 0 fully saturated rings. The molecule has 6 rings (SSSR count). The number of ether oxygens (including phenoxy) is 6. The lowest BCUT2D eigenvalue weighted by molar-refractivity contribution is 0.00697. The first-order valence-electron chi connectivity index (χ1n) is 20.9. The Morgan fingerprint density at radius 3 is 1.99 bits per heavy atom. The zero-order valence-electron chi connectivity index (χ0n) is 39.9. The molecule has 2 aromatic heterocycles. The van der Waals surface area contributed by atoms with Crippen molar-refractivity contribution in [2.45, 2.75) is 97.5 Å². The Kier molecular flexibility index (Phi) is 14.0. The molecule has 0 bridgehead atoms. The fraction of sp³-hybridized carbons (Fsp3) is 0.362. The number of amides is 2. The van der Waals surface area contributed by atoms with Crippen LogP contribution in [0.4, 0.5) is 34.1 Å². The predicted octanol–water partition coefficient (Wildman–Crippen LogP) is 10.9. The second kappa shape index (κ2) is 18.8. The van der Waals surface area contributed by atoms with E-state index in [0.29, 0.717) is 40.1 Å². The summed E-state index contributed by atoms with van der Waals surface area (Å²) in [6, 6.07) is 15.3. The molecule has 0 saturated heterocycles. The van der Waals surface area contributed by atoms with Crippen LogP contribution in [-0.4, -0.2) is 83.9 Å². The van der Waals surface area contributed by atoms with Crippen LogP contribution in [0.15, 0.2) is 78.0 Å². The number of fused-ring (bicyclic) bond motifs is 1. The topological polar surface area (TPSA) is 188 Å². The molecule has 6 aromatic rings. The molecule has 2 amide bonds. The normalized spacial score (nSPS) is 12.4. The molecule has 21 heteroatoms. The molecule has 0 atom stereocenters. The average molecular weight is 980 g/mol. The molecule has 0 unspecified atom stereocenters. The van der Waals surface area contributed by atoms with Gasteiger partial charge in [-0.2, -0.15) is 18.6 Å². The number of carbonyl (C=O) groups is 3. The highest BCUT2D eigenvalue weighted by Crippen LogP contribution is 2.42. The van der Waals surface area contributed by atoms with Gasteiger partial charge < -0.3 is 28.4 Å². The van der Waals surface area contributed by atoms with Gasteiger partial charge >= 0.3 is 18.3 Å². The zero-order valence-corrected chi connectivity index (χ0v) is 41.5. The van der Waals surface area contributed by atoms with Crippen LogP contribution >= 0.6 is 11.5 Å². The lowest BCUT2D eigenvalue weighted by atomic mass is 10.0. The number of benzene rings is 4. The number of halogens is 2. The van der Waals surface area contributed by atoms with E-state index in [1.165, 1.54) is 39.5 Å². The second-order valence-electron chi connectivity index (χ2n) is 18.6. The first kappa shape index (κ1) is 50.7. The largest absolute Gasteiger partial charge is 0.533 e. The van der Waals surface area contributed by atoms with Gasteiger partial charge in [-0.3, -0.25) is 0 Å². The van der Waals surface area contributed by atoms with E-state index in [-0.39, 0.29) is 33.4 Å². The van der Waals surface area contributed by atoms with Gasteiger partial charge in [0.25, 0.3) is 15.8 Å². The smallest absolute Gasteiger partial charge is 0.497 e. The summed E-state index contributed by atoms with van der Waals surface area (Å²) in [6.45, 7) is 16.1. The summed E-state index contributed by atoms with van der Waals surface area (Å²) in [4.78, 5) is 45.2. The Bertz CT molecular complexity index is 2980. The minimum absolute atomic E-state index is 0.0106. The minimum atomic E-state index is -4.87. The van der Waals surface area contributed by atoms with E-state index in [4.69, 9.17) is 28.4 Å². The van der Waals surface area contributed by atoms with Crippen LogP contribution in [0.1, 0.15) is 73.4 Å². The number of methoxy groups -OCH3 is 2. The number of aromatic nitrogens is 4. The van der Waals surface area contributed by atoms with Crippen LogP contribution in [0.2, 0.25) is 0 Å². The highest BCUT2D eigenvalue weighted by molar-refractivity contribution is 7.93. The van der Waals surface area contributed by atoms with Gasteiger partial charge in [-0.1, -0.05) is 22.2 Å². The summed E-state index contributed by atoms with van der Waals surface area (Å²) in [5.74, 6) is -2.79. The average Bonchev–Trinajstić information content (AvgIpc) is 3.91. The Morgan fingerprint density at radius 1 is 0.765 bits per heavy atom. The summed E-state index contributed by atoms with van der Waals surface area (Å²) >= 11 is 0.727. The van der Waals surface area contributed by atoms with Gasteiger partial charge in [-0.15, -0.1) is 5.10 Å². The molecular formula is C47H53F2N6O11S2+. The lowest BCUT2D eigenvalue weighted by Gasteiger charge is -2.30. The Balaban J connectivity index is 1.47. The van der Waals surface area contributed by atoms with Crippen LogP contribution in [0.25, 0.3) is 22.0 Å². The van der Waals surface area contributed by atoms with Gasteiger partial charge in [0.05, 0.1) is 38.7 Å². The molecular weight excluding hydrogens is 927 g/mol. The first-order valence-corrected chi connectivity index (χ1v) is 23.2. The SMILES string of the molecule is COc1ccc(CN(c2ncns2)S(=O)(=O)c2cc(F)c(Oc3ccc(C)cc3-c3ccc4c(c3)c([N+](C)(C(=O)OC(C)(C)C)C(=O)OC(C)(C)C)nn4C(=O)OC(C)(C)C)cc2F)c(OC)c1. The van der Waals surface area contributed by atoms with Crippen LogP contribution in [0.5, 0.6) is 23.0 Å². The Labute approximate surface area is 396 Å². The molecule has 0 aliphatic heterocycles. The van der Waals surface area contributed by atoms with E-state index in [9.17, 15) is 22.8 Å². The zero-order chi connectivity index (χ0) is 50.3. The van der Waals surface area contributed by atoms with E-state index in [1.54, 1.807) is 106 Å². The molecule has 0 radical (unpaired) electrons. The summed E-state index contributed by atoms with van der Waals surface area (Å²) in [6.07, 6.45) is -1.92. The van der Waals surface area contributed by atoms with Crippen LogP contribution in [0.3, 0.4) is 0 Å². The van der Waals surface area contributed by atoms with Crippen molar-refractivity contribution in [3.8, 4) is 34.1 Å². The Morgan fingerprint density at radius 2 is 1.41 bits per heavy atom. The van der Waals surface area contributed by atoms with E-state index >= 15 is 8.78 Å². The van der Waals surface area contributed by atoms with Crippen molar-refractivity contribution in [1.29, 1.82) is 0 Å². The maximum absolute atomic E-state index is 16.3. The molecule has 362 valence electrons. The summed E-state index contributed by atoms with van der Waals surface area (Å²) in [5, 5.41) is 4.51. The summed E-state index contributed by atoms with van der Waals surface area (Å²) < 4.78 is 99.4. The third-order valence-electron chi connectivity index (χ3n) is 9.76. The molecule has 0 saturated carbocycles.